The van der Waals surface area contributed by atoms with Crippen molar-refractivity contribution in [2.75, 3.05) is 11.9 Å². The molecule has 0 heterocycles. The molecule has 7 heteroatoms. The Labute approximate surface area is 163 Å². The van der Waals surface area contributed by atoms with E-state index in [1.54, 1.807) is 6.07 Å². The summed E-state index contributed by atoms with van der Waals surface area (Å²) in [6.07, 6.45) is 0. The number of benzene rings is 2. The Hall–Kier alpha value is -2.73. The predicted molar refractivity (Wildman–Crippen MR) is 106 cm³/mol. The molecule has 2 aromatic carbocycles. The molecule has 0 atom stereocenters. The fourth-order valence-electron chi connectivity index (χ4n) is 2.37. The predicted octanol–water partition coefficient (Wildman–Crippen LogP) is 3.94. The number of amides is 1. The first-order chi connectivity index (χ1) is 12.7. The highest BCUT2D eigenvalue weighted by molar-refractivity contribution is 6.33. The summed E-state index contributed by atoms with van der Waals surface area (Å²) in [6.45, 7) is 5.97. The van der Waals surface area contributed by atoms with Crippen LogP contribution in [0.4, 0.5) is 5.69 Å². The van der Waals surface area contributed by atoms with E-state index < -0.39 is 5.97 Å². The Morgan fingerprint density at radius 1 is 1.15 bits per heavy atom. The molecule has 0 aliphatic rings. The normalized spacial score (nSPS) is 11.0. The third-order valence-corrected chi connectivity index (χ3v) is 3.86. The number of hydrogen-bond donors (Lipinski definition) is 3. The smallest absolute Gasteiger partial charge is 0.335 e. The number of anilines is 1. The Bertz CT molecular complexity index is 831. The van der Waals surface area contributed by atoms with E-state index in [2.05, 4.69) is 10.6 Å². The molecule has 1 amide bonds. The summed E-state index contributed by atoms with van der Waals surface area (Å²) in [4.78, 5) is 23.1. The maximum atomic E-state index is 11.9. The Kier molecular flexibility index (Phi) is 6.69. The highest BCUT2D eigenvalue weighted by atomic mass is 35.5. The second-order valence-corrected chi connectivity index (χ2v) is 7.46. The second-order valence-electron chi connectivity index (χ2n) is 7.05. The first kappa shape index (κ1) is 20.6. The third-order valence-electron chi connectivity index (χ3n) is 3.53. The number of ether oxygens (including phenoxy) is 1. The number of halogens is 1. The van der Waals surface area contributed by atoms with Crippen molar-refractivity contribution in [1.82, 2.24) is 5.32 Å². The van der Waals surface area contributed by atoms with Crippen LogP contribution in [0.3, 0.4) is 0 Å². The Morgan fingerprint density at radius 3 is 2.52 bits per heavy atom. The fraction of sp³-hybridized carbons (Fsp3) is 0.300. The lowest BCUT2D eigenvalue weighted by atomic mass is 10.1. The van der Waals surface area contributed by atoms with Crippen molar-refractivity contribution in [2.24, 2.45) is 0 Å². The minimum absolute atomic E-state index is 0.0937. The summed E-state index contributed by atoms with van der Waals surface area (Å²) < 4.78 is 5.65. The number of carbonyl (C=O) groups excluding carboxylic acids is 1. The number of hydrogen-bond acceptors (Lipinski definition) is 4. The number of rotatable bonds is 7. The van der Waals surface area contributed by atoms with Crippen LogP contribution in [0.25, 0.3) is 0 Å². The number of carboxylic acids is 1. The third kappa shape index (κ3) is 6.49. The summed E-state index contributed by atoms with van der Waals surface area (Å²) in [7, 11) is 0. The van der Waals surface area contributed by atoms with E-state index in [9.17, 15) is 9.59 Å². The lowest BCUT2D eigenvalue weighted by Gasteiger charge is -2.21. The topological polar surface area (TPSA) is 87.7 Å². The molecular formula is C20H23ClN2O4. The van der Waals surface area contributed by atoms with E-state index in [1.807, 2.05) is 39.0 Å². The summed E-state index contributed by atoms with van der Waals surface area (Å²) in [6, 6.07) is 11.8. The van der Waals surface area contributed by atoms with Gasteiger partial charge in [0.25, 0.3) is 5.91 Å². The van der Waals surface area contributed by atoms with Gasteiger partial charge in [-0.1, -0.05) is 29.8 Å². The maximum absolute atomic E-state index is 11.9. The maximum Gasteiger partial charge on any atom is 0.335 e. The van der Waals surface area contributed by atoms with Gasteiger partial charge in [-0.3, -0.25) is 4.79 Å². The second kappa shape index (κ2) is 8.77. The molecule has 3 N–H and O–H groups in total. The van der Waals surface area contributed by atoms with Gasteiger partial charge in [-0.05, 0) is 45.0 Å². The van der Waals surface area contributed by atoms with Crippen molar-refractivity contribution in [1.29, 1.82) is 0 Å². The van der Waals surface area contributed by atoms with E-state index in [-0.39, 0.29) is 23.6 Å². The van der Waals surface area contributed by atoms with Crippen molar-refractivity contribution in [2.45, 2.75) is 32.9 Å². The zero-order valence-corrected chi connectivity index (χ0v) is 16.3. The lowest BCUT2D eigenvalue weighted by Crippen LogP contribution is -2.43. The van der Waals surface area contributed by atoms with Gasteiger partial charge >= 0.3 is 5.97 Å². The van der Waals surface area contributed by atoms with Crippen LogP contribution in [0.2, 0.25) is 5.02 Å². The average Bonchev–Trinajstić information content (AvgIpc) is 2.58. The van der Waals surface area contributed by atoms with Gasteiger partial charge < -0.3 is 20.5 Å². The highest BCUT2D eigenvalue weighted by Gasteiger charge is 2.15. The van der Waals surface area contributed by atoms with Crippen LogP contribution in [0.15, 0.2) is 42.5 Å². The van der Waals surface area contributed by atoms with Crippen molar-refractivity contribution in [3.8, 4) is 5.75 Å². The molecule has 6 nitrogen and oxygen atoms in total. The Balaban J connectivity index is 2.05. The van der Waals surface area contributed by atoms with Crippen molar-refractivity contribution in [3.05, 3.63) is 58.6 Å². The van der Waals surface area contributed by atoms with Crippen LogP contribution >= 0.6 is 11.6 Å². The molecule has 2 aromatic rings. The number of carboxylic acid groups (broad SMARTS) is 1. The van der Waals surface area contributed by atoms with Crippen LogP contribution in [-0.2, 0) is 11.3 Å². The molecule has 144 valence electrons. The van der Waals surface area contributed by atoms with Gasteiger partial charge in [-0.25, -0.2) is 4.79 Å². The molecule has 0 saturated heterocycles. The molecule has 0 saturated carbocycles. The first-order valence-corrected chi connectivity index (χ1v) is 8.82. The quantitative estimate of drug-likeness (QED) is 0.666. The van der Waals surface area contributed by atoms with E-state index in [1.165, 1.54) is 18.2 Å². The number of para-hydroxylation sites is 1. The van der Waals surface area contributed by atoms with Crippen molar-refractivity contribution < 1.29 is 19.4 Å². The van der Waals surface area contributed by atoms with Gasteiger partial charge in [0.05, 0.1) is 16.3 Å². The molecule has 0 spiro atoms. The SMILES string of the molecule is CC(C)(C)NC(=O)COc1ccccc1CNc1cc(C(=O)O)ccc1Cl. The zero-order valence-electron chi connectivity index (χ0n) is 15.5. The van der Waals surface area contributed by atoms with E-state index in [4.69, 9.17) is 21.4 Å². The molecule has 2 rings (SSSR count). The van der Waals surface area contributed by atoms with E-state index in [0.29, 0.717) is 23.0 Å². The molecule has 0 aromatic heterocycles. The molecular weight excluding hydrogens is 368 g/mol. The average molecular weight is 391 g/mol. The van der Waals surface area contributed by atoms with Crippen molar-refractivity contribution in [3.63, 3.8) is 0 Å². The lowest BCUT2D eigenvalue weighted by molar-refractivity contribution is -0.124. The molecule has 27 heavy (non-hydrogen) atoms. The molecule has 0 aliphatic heterocycles. The minimum atomic E-state index is -1.02. The van der Waals surface area contributed by atoms with Gasteiger partial charge in [0.1, 0.15) is 5.75 Å². The van der Waals surface area contributed by atoms with Crippen LogP contribution < -0.4 is 15.4 Å². The van der Waals surface area contributed by atoms with E-state index >= 15 is 0 Å². The standard InChI is InChI=1S/C20H23ClN2O4/c1-20(2,3)23-18(24)12-27-17-7-5-4-6-14(17)11-22-16-10-13(19(25)26)8-9-15(16)21/h4-10,22H,11-12H2,1-3H3,(H,23,24)(H,25,26). The number of nitrogens with one attached hydrogen (secondary N) is 2. The van der Waals surface area contributed by atoms with Gasteiger partial charge in [0.15, 0.2) is 6.61 Å². The summed E-state index contributed by atoms with van der Waals surface area (Å²) in [5.41, 5.74) is 1.15. The number of aromatic carboxylic acids is 1. The van der Waals surface area contributed by atoms with Crippen LogP contribution in [-0.4, -0.2) is 29.1 Å². The summed E-state index contributed by atoms with van der Waals surface area (Å²) >= 11 is 6.13. The summed E-state index contributed by atoms with van der Waals surface area (Å²) in [5.74, 6) is -0.662. The Morgan fingerprint density at radius 2 is 1.85 bits per heavy atom. The van der Waals surface area contributed by atoms with Crippen LogP contribution in [0.5, 0.6) is 5.75 Å². The van der Waals surface area contributed by atoms with E-state index in [0.717, 1.165) is 5.56 Å². The molecule has 0 bridgehead atoms. The molecule has 0 radical (unpaired) electrons. The van der Waals surface area contributed by atoms with Crippen molar-refractivity contribution >= 4 is 29.2 Å². The summed E-state index contributed by atoms with van der Waals surface area (Å²) in [5, 5.41) is 15.5. The molecule has 0 fully saturated rings. The largest absolute Gasteiger partial charge is 0.483 e. The van der Waals surface area contributed by atoms with Gasteiger partial charge in [-0.2, -0.15) is 0 Å². The minimum Gasteiger partial charge on any atom is -0.483 e. The molecule has 0 unspecified atom stereocenters. The highest BCUT2D eigenvalue weighted by Crippen LogP contribution is 2.25. The van der Waals surface area contributed by atoms with Crippen LogP contribution in [0.1, 0.15) is 36.7 Å². The first-order valence-electron chi connectivity index (χ1n) is 8.44. The number of carbonyl (C=O) groups is 2. The zero-order chi connectivity index (χ0) is 20.0. The molecule has 0 aliphatic carbocycles. The van der Waals surface area contributed by atoms with Gasteiger partial charge in [0.2, 0.25) is 0 Å². The van der Waals surface area contributed by atoms with Gasteiger partial charge in [-0.15, -0.1) is 0 Å². The van der Waals surface area contributed by atoms with Gasteiger partial charge in [0, 0.05) is 17.6 Å². The van der Waals surface area contributed by atoms with Crippen LogP contribution in [0, 0.1) is 0 Å². The monoisotopic (exact) mass is 390 g/mol. The fourth-order valence-corrected chi connectivity index (χ4v) is 2.56.